The molecular weight excluding hydrogens is 366 g/mol. The van der Waals surface area contributed by atoms with Gasteiger partial charge in [-0.05, 0) is 67.3 Å². The highest BCUT2D eigenvalue weighted by Gasteiger charge is 2.26. The summed E-state index contributed by atoms with van der Waals surface area (Å²) in [7, 11) is 0. The van der Waals surface area contributed by atoms with Crippen LogP contribution in [-0.2, 0) is 9.53 Å². The predicted octanol–water partition coefficient (Wildman–Crippen LogP) is 3.28. The molecule has 6 nitrogen and oxygen atoms in total. The molecule has 3 rings (SSSR count). The predicted molar refractivity (Wildman–Crippen MR) is 106 cm³/mol. The molecule has 1 atom stereocenters. The molecule has 0 spiro atoms. The third-order valence-corrected chi connectivity index (χ3v) is 4.85. The largest absolute Gasteiger partial charge is 0.381 e. The van der Waals surface area contributed by atoms with Crippen LogP contribution in [0.25, 0.3) is 0 Å². The minimum atomic E-state index is -0.557. The SMILES string of the molecule is NC(C(=O)Nc1ccc(NC(=O)c2ccc(Cl)cc2)cc1)C1CCOCC1. The third kappa shape index (κ3) is 5.29. The molecule has 0 saturated carbocycles. The van der Waals surface area contributed by atoms with Crippen LogP contribution in [0.4, 0.5) is 11.4 Å². The zero-order valence-corrected chi connectivity index (χ0v) is 15.5. The van der Waals surface area contributed by atoms with Crippen LogP contribution in [0.15, 0.2) is 48.5 Å². The van der Waals surface area contributed by atoms with Gasteiger partial charge in [0.2, 0.25) is 5.91 Å². The highest BCUT2D eigenvalue weighted by atomic mass is 35.5. The monoisotopic (exact) mass is 387 g/mol. The number of hydrogen-bond donors (Lipinski definition) is 3. The van der Waals surface area contributed by atoms with E-state index in [1.165, 1.54) is 0 Å². The number of anilines is 2. The summed E-state index contributed by atoms with van der Waals surface area (Å²) < 4.78 is 5.30. The van der Waals surface area contributed by atoms with Crippen molar-refractivity contribution in [3.8, 4) is 0 Å². The number of halogens is 1. The summed E-state index contributed by atoms with van der Waals surface area (Å²) in [5, 5.41) is 6.20. The van der Waals surface area contributed by atoms with E-state index in [0.717, 1.165) is 12.8 Å². The van der Waals surface area contributed by atoms with Crippen molar-refractivity contribution in [3.05, 3.63) is 59.1 Å². The fraction of sp³-hybridized carbons (Fsp3) is 0.300. The average Bonchev–Trinajstić information content (AvgIpc) is 2.70. The van der Waals surface area contributed by atoms with E-state index in [1.54, 1.807) is 48.5 Å². The molecule has 0 aromatic heterocycles. The average molecular weight is 388 g/mol. The van der Waals surface area contributed by atoms with Gasteiger partial charge in [-0.1, -0.05) is 11.6 Å². The van der Waals surface area contributed by atoms with Crippen molar-refractivity contribution in [2.45, 2.75) is 18.9 Å². The van der Waals surface area contributed by atoms with Crippen molar-refractivity contribution in [1.82, 2.24) is 0 Å². The van der Waals surface area contributed by atoms with Crippen molar-refractivity contribution in [2.24, 2.45) is 11.7 Å². The zero-order valence-electron chi connectivity index (χ0n) is 14.8. The second-order valence-corrected chi connectivity index (χ2v) is 6.94. The maximum Gasteiger partial charge on any atom is 0.255 e. The molecule has 27 heavy (non-hydrogen) atoms. The van der Waals surface area contributed by atoms with Gasteiger partial charge in [-0.25, -0.2) is 0 Å². The van der Waals surface area contributed by atoms with Crippen LogP contribution in [0.1, 0.15) is 23.2 Å². The highest BCUT2D eigenvalue weighted by molar-refractivity contribution is 6.30. The van der Waals surface area contributed by atoms with Gasteiger partial charge in [-0.2, -0.15) is 0 Å². The summed E-state index contributed by atoms with van der Waals surface area (Å²) in [5.41, 5.74) is 7.85. The van der Waals surface area contributed by atoms with E-state index in [2.05, 4.69) is 10.6 Å². The highest BCUT2D eigenvalue weighted by Crippen LogP contribution is 2.20. The lowest BCUT2D eigenvalue weighted by atomic mass is 9.92. The molecule has 2 aromatic carbocycles. The molecule has 1 aliphatic heterocycles. The fourth-order valence-electron chi connectivity index (χ4n) is 2.96. The van der Waals surface area contributed by atoms with Gasteiger partial charge in [0.1, 0.15) is 0 Å². The maximum absolute atomic E-state index is 12.3. The minimum absolute atomic E-state index is 0.136. The van der Waals surface area contributed by atoms with Gasteiger partial charge in [-0.15, -0.1) is 0 Å². The lowest BCUT2D eigenvalue weighted by Gasteiger charge is -2.26. The maximum atomic E-state index is 12.3. The summed E-state index contributed by atoms with van der Waals surface area (Å²) in [6, 6.07) is 13.0. The van der Waals surface area contributed by atoms with Gasteiger partial charge in [0.15, 0.2) is 0 Å². The number of carbonyl (C=O) groups excluding carboxylic acids is 2. The van der Waals surface area contributed by atoms with Crippen LogP contribution < -0.4 is 16.4 Å². The Morgan fingerprint density at radius 3 is 2.11 bits per heavy atom. The van der Waals surface area contributed by atoms with Crippen molar-refractivity contribution in [1.29, 1.82) is 0 Å². The van der Waals surface area contributed by atoms with Gasteiger partial charge in [0.05, 0.1) is 6.04 Å². The number of amides is 2. The fourth-order valence-corrected chi connectivity index (χ4v) is 3.08. The van der Waals surface area contributed by atoms with Crippen molar-refractivity contribution in [2.75, 3.05) is 23.8 Å². The Morgan fingerprint density at radius 1 is 0.963 bits per heavy atom. The number of benzene rings is 2. The van der Waals surface area contributed by atoms with Gasteiger partial charge in [-0.3, -0.25) is 9.59 Å². The van der Waals surface area contributed by atoms with E-state index < -0.39 is 6.04 Å². The Labute approximate surface area is 163 Å². The Balaban J connectivity index is 1.55. The van der Waals surface area contributed by atoms with Crippen LogP contribution in [0.2, 0.25) is 5.02 Å². The number of ether oxygens (including phenoxy) is 1. The molecule has 0 bridgehead atoms. The number of nitrogens with two attached hydrogens (primary N) is 1. The third-order valence-electron chi connectivity index (χ3n) is 4.59. The molecule has 2 aromatic rings. The van der Waals surface area contributed by atoms with Gasteiger partial charge in [0, 0.05) is 35.2 Å². The second kappa shape index (κ2) is 8.99. The van der Waals surface area contributed by atoms with Gasteiger partial charge < -0.3 is 21.1 Å². The molecule has 0 aliphatic carbocycles. The van der Waals surface area contributed by atoms with Crippen LogP contribution in [-0.4, -0.2) is 31.1 Å². The van der Waals surface area contributed by atoms with E-state index in [4.69, 9.17) is 22.1 Å². The summed E-state index contributed by atoms with van der Waals surface area (Å²) in [6.45, 7) is 1.29. The Morgan fingerprint density at radius 2 is 1.52 bits per heavy atom. The van der Waals surface area contributed by atoms with Gasteiger partial charge >= 0.3 is 0 Å². The number of rotatable bonds is 5. The van der Waals surface area contributed by atoms with Crippen LogP contribution in [0, 0.1) is 5.92 Å². The van der Waals surface area contributed by atoms with E-state index in [1.807, 2.05) is 0 Å². The summed E-state index contributed by atoms with van der Waals surface area (Å²) >= 11 is 5.83. The molecule has 4 N–H and O–H groups in total. The number of hydrogen-bond acceptors (Lipinski definition) is 4. The molecular formula is C20H22ClN3O3. The smallest absolute Gasteiger partial charge is 0.255 e. The van der Waals surface area contributed by atoms with Gasteiger partial charge in [0.25, 0.3) is 5.91 Å². The Bertz CT molecular complexity index is 787. The van der Waals surface area contributed by atoms with Crippen LogP contribution in [0.3, 0.4) is 0 Å². The quantitative estimate of drug-likeness (QED) is 0.733. The first-order chi connectivity index (χ1) is 13.0. The second-order valence-electron chi connectivity index (χ2n) is 6.50. The molecule has 1 fully saturated rings. The minimum Gasteiger partial charge on any atom is -0.381 e. The van der Waals surface area contributed by atoms with E-state index in [0.29, 0.717) is 35.2 Å². The van der Waals surface area contributed by atoms with Crippen molar-refractivity contribution < 1.29 is 14.3 Å². The zero-order chi connectivity index (χ0) is 19.2. The van der Waals surface area contributed by atoms with Crippen molar-refractivity contribution in [3.63, 3.8) is 0 Å². The molecule has 142 valence electrons. The van der Waals surface area contributed by atoms with E-state index in [9.17, 15) is 9.59 Å². The topological polar surface area (TPSA) is 93.5 Å². The van der Waals surface area contributed by atoms with E-state index >= 15 is 0 Å². The lowest BCUT2D eigenvalue weighted by molar-refractivity contribution is -0.119. The standard InChI is InChI=1S/C20H22ClN3O3/c21-15-3-1-14(2-4-15)19(25)23-16-5-7-17(8-6-16)24-20(26)18(22)13-9-11-27-12-10-13/h1-8,13,18H,9-12,22H2,(H,23,25)(H,24,26). The molecule has 0 radical (unpaired) electrons. The molecule has 7 heteroatoms. The summed E-state index contributed by atoms with van der Waals surface area (Å²) in [5.74, 6) is -0.304. The number of nitrogens with one attached hydrogen (secondary N) is 2. The van der Waals surface area contributed by atoms with Crippen LogP contribution in [0.5, 0.6) is 0 Å². The molecule has 1 aliphatic rings. The number of carbonyl (C=O) groups is 2. The Kier molecular flexibility index (Phi) is 6.45. The first-order valence-electron chi connectivity index (χ1n) is 8.84. The Hall–Kier alpha value is -2.41. The molecule has 1 heterocycles. The lowest BCUT2D eigenvalue weighted by Crippen LogP contribution is -2.43. The van der Waals surface area contributed by atoms with Crippen molar-refractivity contribution >= 4 is 34.8 Å². The normalized spacial score (nSPS) is 15.8. The van der Waals surface area contributed by atoms with E-state index in [-0.39, 0.29) is 17.7 Å². The first-order valence-corrected chi connectivity index (χ1v) is 9.22. The van der Waals surface area contributed by atoms with Crippen LogP contribution >= 0.6 is 11.6 Å². The molecule has 1 unspecified atom stereocenters. The molecule has 1 saturated heterocycles. The first kappa shape index (κ1) is 19.4. The summed E-state index contributed by atoms with van der Waals surface area (Å²) in [6.07, 6.45) is 1.59. The summed E-state index contributed by atoms with van der Waals surface area (Å²) in [4.78, 5) is 24.5. The molecule has 2 amide bonds.